The van der Waals surface area contributed by atoms with Crippen molar-refractivity contribution in [3.63, 3.8) is 0 Å². The van der Waals surface area contributed by atoms with Crippen LogP contribution in [0.15, 0.2) is 33.9 Å². The zero-order chi connectivity index (χ0) is 17.4. The van der Waals surface area contributed by atoms with Crippen molar-refractivity contribution in [3.05, 3.63) is 34.7 Å². The predicted octanol–water partition coefficient (Wildman–Crippen LogP) is 2.40. The van der Waals surface area contributed by atoms with E-state index in [1.807, 2.05) is 6.07 Å². The average molecular weight is 400 g/mol. The number of ether oxygens (including phenoxy) is 1. The molecule has 0 bridgehead atoms. The highest BCUT2D eigenvalue weighted by Crippen LogP contribution is 2.45. The number of fused-ring (bicyclic) bond motifs is 1. The van der Waals surface area contributed by atoms with E-state index in [1.54, 1.807) is 23.6 Å². The van der Waals surface area contributed by atoms with Gasteiger partial charge in [0.25, 0.3) is 10.0 Å². The smallest absolute Gasteiger partial charge is 0.274 e. The number of rotatable bonds is 3. The number of halogens is 1. The van der Waals surface area contributed by atoms with Crippen LogP contribution in [0.3, 0.4) is 0 Å². The van der Waals surface area contributed by atoms with Crippen LogP contribution in [0, 0.1) is 0 Å². The zero-order valence-electron chi connectivity index (χ0n) is 13.4. The molecule has 0 amide bonds. The molecular weight excluding hydrogens is 382 g/mol. The number of benzene rings is 1. The van der Waals surface area contributed by atoms with E-state index in [2.05, 4.69) is 10.2 Å². The van der Waals surface area contributed by atoms with Gasteiger partial charge in [-0.3, -0.25) is 4.31 Å². The van der Waals surface area contributed by atoms with E-state index in [4.69, 9.17) is 16.3 Å². The standard InChI is InChI=1S/C16H18ClN3O3S2/c17-12-10-13(19-5-3-18-4-6-19)16-14(11-12)20(7-8-23-16)25(21,22)15-2-1-9-24-15/h1-2,9-11,18H,3-8H2. The molecule has 2 aromatic rings. The van der Waals surface area contributed by atoms with Crippen molar-refractivity contribution in [1.82, 2.24) is 5.32 Å². The van der Waals surface area contributed by atoms with Gasteiger partial charge in [-0.2, -0.15) is 0 Å². The molecule has 0 atom stereocenters. The summed E-state index contributed by atoms with van der Waals surface area (Å²) in [5, 5.41) is 5.58. The maximum absolute atomic E-state index is 13.0. The Morgan fingerprint density at radius 1 is 1.16 bits per heavy atom. The van der Waals surface area contributed by atoms with Crippen LogP contribution in [-0.2, 0) is 10.0 Å². The number of piperazine rings is 1. The third-order valence-corrected chi connectivity index (χ3v) is 7.73. The molecule has 1 aromatic carbocycles. The Kier molecular flexibility index (Phi) is 4.53. The van der Waals surface area contributed by atoms with Crippen molar-refractivity contribution in [2.75, 3.05) is 48.5 Å². The summed E-state index contributed by atoms with van der Waals surface area (Å²) < 4.78 is 33.7. The van der Waals surface area contributed by atoms with E-state index in [9.17, 15) is 8.42 Å². The predicted molar refractivity (Wildman–Crippen MR) is 101 cm³/mol. The number of anilines is 2. The molecule has 9 heteroatoms. The zero-order valence-corrected chi connectivity index (χ0v) is 15.8. The van der Waals surface area contributed by atoms with Crippen LogP contribution in [0.5, 0.6) is 5.75 Å². The molecule has 0 unspecified atom stereocenters. The molecule has 1 aromatic heterocycles. The van der Waals surface area contributed by atoms with Crippen LogP contribution in [-0.4, -0.2) is 47.7 Å². The van der Waals surface area contributed by atoms with E-state index < -0.39 is 10.0 Å². The second-order valence-corrected chi connectivity index (χ2v) is 9.34. The molecule has 0 saturated carbocycles. The van der Waals surface area contributed by atoms with E-state index in [0.717, 1.165) is 31.9 Å². The Morgan fingerprint density at radius 3 is 2.64 bits per heavy atom. The normalized spacial score (nSPS) is 18.0. The fourth-order valence-corrected chi connectivity index (χ4v) is 5.91. The van der Waals surface area contributed by atoms with Gasteiger partial charge in [0.2, 0.25) is 0 Å². The van der Waals surface area contributed by atoms with Crippen LogP contribution in [0.1, 0.15) is 0 Å². The van der Waals surface area contributed by atoms with Crippen LogP contribution < -0.4 is 19.3 Å². The SMILES string of the molecule is O=S(=O)(c1cccs1)N1CCOc2c(N3CCNCC3)cc(Cl)cc21. The summed E-state index contributed by atoms with van der Waals surface area (Å²) in [7, 11) is -3.61. The molecule has 1 N–H and O–H groups in total. The molecule has 4 rings (SSSR count). The van der Waals surface area contributed by atoms with Crippen molar-refractivity contribution < 1.29 is 13.2 Å². The summed E-state index contributed by atoms with van der Waals surface area (Å²) in [6.45, 7) is 3.99. The highest BCUT2D eigenvalue weighted by molar-refractivity contribution is 7.94. The van der Waals surface area contributed by atoms with Gasteiger partial charge >= 0.3 is 0 Å². The maximum Gasteiger partial charge on any atom is 0.274 e. The number of nitrogens with zero attached hydrogens (tertiary/aromatic N) is 2. The second kappa shape index (κ2) is 6.68. The van der Waals surface area contributed by atoms with Gasteiger partial charge < -0.3 is 15.0 Å². The summed E-state index contributed by atoms with van der Waals surface area (Å²) in [5.74, 6) is 0.595. The Bertz CT molecular complexity index is 865. The monoisotopic (exact) mass is 399 g/mol. The van der Waals surface area contributed by atoms with Crippen LogP contribution in [0.4, 0.5) is 11.4 Å². The maximum atomic E-state index is 13.0. The van der Waals surface area contributed by atoms with E-state index in [0.29, 0.717) is 27.3 Å². The van der Waals surface area contributed by atoms with Gasteiger partial charge in [0.1, 0.15) is 10.8 Å². The van der Waals surface area contributed by atoms with Gasteiger partial charge in [0.15, 0.2) is 5.75 Å². The molecule has 3 heterocycles. The van der Waals surface area contributed by atoms with Gasteiger partial charge in [0, 0.05) is 31.2 Å². The Balaban J connectivity index is 1.80. The quantitative estimate of drug-likeness (QED) is 0.858. The number of hydrogen-bond donors (Lipinski definition) is 1. The van der Waals surface area contributed by atoms with Crippen LogP contribution in [0.25, 0.3) is 0 Å². The molecule has 1 fully saturated rings. The van der Waals surface area contributed by atoms with Gasteiger partial charge in [0.05, 0.1) is 17.9 Å². The number of sulfonamides is 1. The highest BCUT2D eigenvalue weighted by Gasteiger charge is 2.33. The molecule has 2 aliphatic heterocycles. The van der Waals surface area contributed by atoms with Gasteiger partial charge in [-0.15, -0.1) is 11.3 Å². The van der Waals surface area contributed by atoms with Gasteiger partial charge in [-0.25, -0.2) is 8.42 Å². The van der Waals surface area contributed by atoms with E-state index >= 15 is 0 Å². The topological polar surface area (TPSA) is 61.9 Å². The first kappa shape index (κ1) is 17.0. The molecular formula is C16H18ClN3O3S2. The largest absolute Gasteiger partial charge is 0.487 e. The first-order chi connectivity index (χ1) is 12.1. The summed E-state index contributed by atoms with van der Waals surface area (Å²) in [4.78, 5) is 2.18. The van der Waals surface area contributed by atoms with Crippen molar-refractivity contribution >= 4 is 44.3 Å². The minimum absolute atomic E-state index is 0.272. The number of nitrogens with one attached hydrogen (secondary N) is 1. The first-order valence-corrected chi connectivity index (χ1v) is 10.8. The molecule has 2 aliphatic rings. The van der Waals surface area contributed by atoms with Crippen LogP contribution in [0.2, 0.25) is 5.02 Å². The van der Waals surface area contributed by atoms with Gasteiger partial charge in [-0.1, -0.05) is 17.7 Å². The lowest BCUT2D eigenvalue weighted by Gasteiger charge is -2.36. The molecule has 6 nitrogen and oxygen atoms in total. The lowest BCUT2D eigenvalue weighted by atomic mass is 10.2. The molecule has 0 aliphatic carbocycles. The summed E-state index contributed by atoms with van der Waals surface area (Å²) in [5.41, 5.74) is 1.37. The Morgan fingerprint density at radius 2 is 1.92 bits per heavy atom. The third kappa shape index (κ3) is 3.08. The molecule has 0 spiro atoms. The fourth-order valence-electron chi connectivity index (χ4n) is 3.16. The molecule has 134 valence electrons. The minimum atomic E-state index is -3.61. The second-order valence-electron chi connectivity index (χ2n) is 5.87. The highest BCUT2D eigenvalue weighted by atomic mass is 35.5. The van der Waals surface area contributed by atoms with Gasteiger partial charge in [-0.05, 0) is 23.6 Å². The van der Waals surface area contributed by atoms with Crippen molar-refractivity contribution in [2.45, 2.75) is 4.21 Å². The fraction of sp³-hybridized carbons (Fsp3) is 0.375. The summed E-state index contributed by atoms with van der Waals surface area (Å²) >= 11 is 7.54. The van der Waals surface area contributed by atoms with Crippen LogP contribution >= 0.6 is 22.9 Å². The minimum Gasteiger partial charge on any atom is -0.487 e. The van der Waals surface area contributed by atoms with Crippen molar-refractivity contribution in [1.29, 1.82) is 0 Å². The Hall–Kier alpha value is -1.48. The Labute approximate surface area is 156 Å². The van der Waals surface area contributed by atoms with Crippen molar-refractivity contribution in [2.24, 2.45) is 0 Å². The lowest BCUT2D eigenvalue weighted by molar-refractivity contribution is 0.315. The average Bonchev–Trinajstić information content (AvgIpc) is 3.17. The molecule has 1 saturated heterocycles. The number of hydrogen-bond acceptors (Lipinski definition) is 6. The van der Waals surface area contributed by atoms with E-state index in [1.165, 1.54) is 15.6 Å². The molecule has 0 radical (unpaired) electrons. The van der Waals surface area contributed by atoms with Crippen molar-refractivity contribution in [3.8, 4) is 5.75 Å². The first-order valence-electron chi connectivity index (χ1n) is 8.05. The number of thiophene rings is 1. The summed E-state index contributed by atoms with van der Waals surface area (Å²) in [6.07, 6.45) is 0. The molecule has 25 heavy (non-hydrogen) atoms. The third-order valence-electron chi connectivity index (χ3n) is 4.32. The summed E-state index contributed by atoms with van der Waals surface area (Å²) in [6, 6.07) is 6.89. The van der Waals surface area contributed by atoms with E-state index in [-0.39, 0.29) is 6.54 Å². The lowest BCUT2D eigenvalue weighted by Crippen LogP contribution is -2.44.